The van der Waals surface area contributed by atoms with Crippen molar-refractivity contribution in [2.24, 2.45) is 0 Å². The Kier molecular flexibility index (Phi) is 4.31. The number of pyridine rings is 1. The van der Waals surface area contributed by atoms with Gasteiger partial charge < -0.3 is 10.3 Å². The maximum Gasteiger partial charge on any atom is 0.229 e. The molecule has 0 saturated carbocycles. The number of carbonyl (C=O) groups is 1. The summed E-state index contributed by atoms with van der Waals surface area (Å²) in [6.45, 7) is 0.645. The van der Waals surface area contributed by atoms with E-state index < -0.39 is 0 Å². The summed E-state index contributed by atoms with van der Waals surface area (Å²) in [7, 11) is 0. The van der Waals surface area contributed by atoms with Gasteiger partial charge in [0.25, 0.3) is 0 Å². The molecule has 0 saturated heterocycles. The topological polar surface area (TPSA) is 75.1 Å². The van der Waals surface area contributed by atoms with E-state index >= 15 is 0 Å². The number of rotatable bonds is 5. The fourth-order valence-corrected chi connectivity index (χ4v) is 4.32. The molecule has 3 heterocycles. The van der Waals surface area contributed by atoms with Crippen LogP contribution in [-0.2, 0) is 17.6 Å². The summed E-state index contributed by atoms with van der Waals surface area (Å²) >= 11 is 0. The summed E-state index contributed by atoms with van der Waals surface area (Å²) < 4.78 is 2.00. The van der Waals surface area contributed by atoms with Crippen molar-refractivity contribution in [1.29, 1.82) is 0 Å². The van der Waals surface area contributed by atoms with Gasteiger partial charge >= 0.3 is 0 Å². The third kappa shape index (κ3) is 2.95. The highest BCUT2D eigenvalue weighted by Gasteiger charge is 2.29. The highest BCUT2D eigenvalue weighted by Crippen LogP contribution is 2.36. The normalized spacial score (nSPS) is 16.4. The van der Waals surface area contributed by atoms with Crippen LogP contribution in [0, 0.1) is 0 Å². The molecule has 6 nitrogen and oxygen atoms in total. The molecule has 5 rings (SSSR count). The van der Waals surface area contributed by atoms with Crippen LogP contribution in [0.25, 0.3) is 16.6 Å². The number of carbonyl (C=O) groups excluding carboxylic acids is 1. The van der Waals surface area contributed by atoms with Crippen molar-refractivity contribution in [2.45, 2.75) is 38.0 Å². The molecule has 1 aromatic carbocycles. The molecule has 3 aromatic heterocycles. The van der Waals surface area contributed by atoms with Gasteiger partial charge in [0.2, 0.25) is 5.91 Å². The highest BCUT2D eigenvalue weighted by molar-refractivity contribution is 5.90. The first-order valence-electron chi connectivity index (χ1n) is 9.97. The molecule has 1 atom stereocenters. The second kappa shape index (κ2) is 7.11. The van der Waals surface area contributed by atoms with Crippen LogP contribution in [0.1, 0.15) is 42.3 Å². The molecule has 2 N–H and O–H groups in total. The summed E-state index contributed by atoms with van der Waals surface area (Å²) in [4.78, 5) is 16.3. The molecule has 0 fully saturated rings. The van der Waals surface area contributed by atoms with Gasteiger partial charge in [0.1, 0.15) is 5.82 Å². The van der Waals surface area contributed by atoms with Gasteiger partial charge in [0, 0.05) is 35.8 Å². The average molecular weight is 373 g/mol. The van der Waals surface area contributed by atoms with E-state index in [0.717, 1.165) is 54.8 Å². The van der Waals surface area contributed by atoms with Gasteiger partial charge in [-0.1, -0.05) is 24.3 Å². The minimum absolute atomic E-state index is 0.0786. The van der Waals surface area contributed by atoms with Gasteiger partial charge in [-0.3, -0.25) is 9.20 Å². The summed E-state index contributed by atoms with van der Waals surface area (Å²) in [5.74, 6) is 0.976. The molecule has 28 heavy (non-hydrogen) atoms. The Balaban J connectivity index is 1.23. The first-order chi connectivity index (χ1) is 13.8. The smallest absolute Gasteiger partial charge is 0.229 e. The number of amides is 1. The molecule has 0 spiro atoms. The molecule has 142 valence electrons. The van der Waals surface area contributed by atoms with Crippen LogP contribution in [-0.4, -0.2) is 32.0 Å². The number of aromatic amines is 1. The van der Waals surface area contributed by atoms with E-state index in [0.29, 0.717) is 6.54 Å². The molecular weight excluding hydrogens is 350 g/mol. The quantitative estimate of drug-likeness (QED) is 0.527. The Labute approximate surface area is 163 Å². The number of hydrogen-bond acceptors (Lipinski definition) is 3. The predicted molar refractivity (Wildman–Crippen MR) is 108 cm³/mol. The number of H-pyrrole nitrogens is 1. The minimum atomic E-state index is -0.0786. The molecule has 4 aromatic rings. The van der Waals surface area contributed by atoms with E-state index in [2.05, 4.69) is 38.7 Å². The van der Waals surface area contributed by atoms with E-state index in [1.807, 2.05) is 34.9 Å². The number of nitrogens with one attached hydrogen (secondary N) is 2. The maximum absolute atomic E-state index is 12.8. The lowest BCUT2D eigenvalue weighted by atomic mass is 9.86. The zero-order chi connectivity index (χ0) is 18.9. The fraction of sp³-hybridized carbons (Fsp3) is 0.318. The third-order valence-corrected chi connectivity index (χ3v) is 5.69. The molecule has 0 aliphatic heterocycles. The first kappa shape index (κ1) is 17.0. The number of benzene rings is 1. The molecule has 1 aliphatic carbocycles. The molecule has 0 bridgehead atoms. The molecule has 0 radical (unpaired) electrons. The summed E-state index contributed by atoms with van der Waals surface area (Å²) in [5.41, 5.74) is 4.41. The molecule has 6 heteroatoms. The van der Waals surface area contributed by atoms with Gasteiger partial charge in [0.05, 0.1) is 5.92 Å². The van der Waals surface area contributed by atoms with E-state index in [1.165, 1.54) is 10.9 Å². The van der Waals surface area contributed by atoms with Crippen molar-refractivity contribution in [1.82, 2.24) is 24.9 Å². The van der Waals surface area contributed by atoms with Gasteiger partial charge in [-0.05, 0) is 49.4 Å². The zero-order valence-corrected chi connectivity index (χ0v) is 15.7. The van der Waals surface area contributed by atoms with E-state index in [-0.39, 0.29) is 11.8 Å². The highest BCUT2D eigenvalue weighted by atomic mass is 16.1. The summed E-state index contributed by atoms with van der Waals surface area (Å²) in [6, 6.07) is 14.2. The largest absolute Gasteiger partial charge is 0.357 e. The van der Waals surface area contributed by atoms with Crippen LogP contribution < -0.4 is 5.32 Å². The Morgan fingerprint density at radius 3 is 3.04 bits per heavy atom. The number of nitrogens with zero attached hydrogens (tertiary/aromatic N) is 3. The number of aromatic nitrogens is 4. The van der Waals surface area contributed by atoms with Crippen molar-refractivity contribution < 1.29 is 4.79 Å². The van der Waals surface area contributed by atoms with Gasteiger partial charge in [-0.25, -0.2) is 0 Å². The third-order valence-electron chi connectivity index (χ3n) is 5.69. The Morgan fingerprint density at radius 2 is 2.07 bits per heavy atom. The maximum atomic E-state index is 12.8. The van der Waals surface area contributed by atoms with Gasteiger partial charge in [-0.15, -0.1) is 10.2 Å². The number of para-hydroxylation sites is 1. The van der Waals surface area contributed by atoms with E-state index in [1.54, 1.807) is 0 Å². The minimum Gasteiger partial charge on any atom is -0.357 e. The summed E-state index contributed by atoms with van der Waals surface area (Å²) in [5, 5.41) is 12.8. The standard InChI is InChI=1S/C22H23N5O/c28-22(23-13-6-12-20-26-25-19-11-3-4-14-27(19)20)17-9-5-8-16-15-7-1-2-10-18(15)24-21(16)17/h1-4,7,10-11,14,17,24H,5-6,8-9,12-13H2,(H,23,28). The predicted octanol–water partition coefficient (Wildman–Crippen LogP) is 3.38. The number of aryl methyl sites for hydroxylation is 2. The van der Waals surface area contributed by atoms with Crippen molar-refractivity contribution in [3.8, 4) is 0 Å². The Hall–Kier alpha value is -3.15. The monoisotopic (exact) mass is 373 g/mol. The average Bonchev–Trinajstić information content (AvgIpc) is 3.32. The van der Waals surface area contributed by atoms with Gasteiger partial charge in [0.15, 0.2) is 5.65 Å². The van der Waals surface area contributed by atoms with Gasteiger partial charge in [-0.2, -0.15) is 0 Å². The van der Waals surface area contributed by atoms with Crippen LogP contribution in [0.4, 0.5) is 0 Å². The second-order valence-corrected chi connectivity index (χ2v) is 7.45. The molecule has 1 aliphatic rings. The fourth-order valence-electron chi connectivity index (χ4n) is 4.32. The SMILES string of the molecule is O=C(NCCCc1nnc2ccccn12)C1CCCc2c1[nH]c1ccccc21. The Bertz CT molecular complexity index is 1140. The second-order valence-electron chi connectivity index (χ2n) is 7.45. The van der Waals surface area contributed by atoms with Crippen LogP contribution in [0.5, 0.6) is 0 Å². The first-order valence-corrected chi connectivity index (χ1v) is 9.97. The van der Waals surface area contributed by atoms with Crippen molar-refractivity contribution in [3.63, 3.8) is 0 Å². The van der Waals surface area contributed by atoms with Crippen LogP contribution >= 0.6 is 0 Å². The van der Waals surface area contributed by atoms with Crippen LogP contribution in [0.2, 0.25) is 0 Å². The summed E-state index contributed by atoms with van der Waals surface area (Å²) in [6.07, 6.45) is 6.60. The van der Waals surface area contributed by atoms with Crippen molar-refractivity contribution >= 4 is 22.5 Å². The van der Waals surface area contributed by atoms with Crippen LogP contribution in [0.15, 0.2) is 48.7 Å². The molecular formula is C22H23N5O. The number of hydrogen-bond donors (Lipinski definition) is 2. The van der Waals surface area contributed by atoms with Crippen molar-refractivity contribution in [3.05, 3.63) is 65.7 Å². The molecule has 1 unspecified atom stereocenters. The van der Waals surface area contributed by atoms with E-state index in [4.69, 9.17) is 0 Å². The lowest BCUT2D eigenvalue weighted by molar-refractivity contribution is -0.122. The lowest BCUT2D eigenvalue weighted by Gasteiger charge is -2.22. The lowest BCUT2D eigenvalue weighted by Crippen LogP contribution is -2.32. The zero-order valence-electron chi connectivity index (χ0n) is 15.7. The molecule has 1 amide bonds. The van der Waals surface area contributed by atoms with Crippen molar-refractivity contribution in [2.75, 3.05) is 6.54 Å². The van der Waals surface area contributed by atoms with E-state index in [9.17, 15) is 4.79 Å². The Morgan fingerprint density at radius 1 is 1.18 bits per heavy atom. The van der Waals surface area contributed by atoms with Crippen LogP contribution in [0.3, 0.4) is 0 Å². The number of fused-ring (bicyclic) bond motifs is 4.